The fraction of sp³-hybridized carbons (Fsp3) is 0.417. The van der Waals surface area contributed by atoms with E-state index in [1.165, 1.54) is 0 Å². The summed E-state index contributed by atoms with van der Waals surface area (Å²) in [5, 5.41) is 3.67. The summed E-state index contributed by atoms with van der Waals surface area (Å²) in [7, 11) is 0. The highest BCUT2D eigenvalue weighted by Gasteiger charge is 2.19. The van der Waals surface area contributed by atoms with Gasteiger partial charge in [0.25, 0.3) is 0 Å². The van der Waals surface area contributed by atoms with Gasteiger partial charge in [-0.15, -0.1) is 0 Å². The van der Waals surface area contributed by atoms with E-state index in [1.807, 2.05) is 0 Å². The Labute approximate surface area is 99.7 Å². The molecule has 16 heavy (non-hydrogen) atoms. The summed E-state index contributed by atoms with van der Waals surface area (Å²) in [5.74, 6) is -0.322. The molecule has 0 saturated carbocycles. The molecule has 0 amide bonds. The van der Waals surface area contributed by atoms with E-state index < -0.39 is 0 Å². The van der Waals surface area contributed by atoms with Gasteiger partial charge in [-0.1, -0.05) is 23.7 Å². The Hall–Kier alpha value is -1.06. The first-order valence-electron chi connectivity index (χ1n) is 5.43. The van der Waals surface area contributed by atoms with Crippen molar-refractivity contribution in [1.29, 1.82) is 0 Å². The van der Waals surface area contributed by atoms with Gasteiger partial charge in [0.2, 0.25) is 0 Å². The number of benzene rings is 1. The molecule has 1 fully saturated rings. The summed E-state index contributed by atoms with van der Waals surface area (Å²) in [6.45, 7) is 1.81. The van der Waals surface area contributed by atoms with E-state index in [9.17, 15) is 4.79 Å². The van der Waals surface area contributed by atoms with E-state index >= 15 is 0 Å². The number of piperidine rings is 1. The van der Waals surface area contributed by atoms with E-state index in [4.69, 9.17) is 16.3 Å². The number of nitrogens with one attached hydrogen (secondary N) is 1. The summed E-state index contributed by atoms with van der Waals surface area (Å²) in [4.78, 5) is 11.8. The van der Waals surface area contributed by atoms with Crippen molar-refractivity contribution in [2.24, 2.45) is 0 Å². The molecule has 2 rings (SSSR count). The zero-order chi connectivity index (χ0) is 11.4. The largest absolute Gasteiger partial charge is 0.459 e. The van der Waals surface area contributed by atoms with Gasteiger partial charge in [0.05, 0.1) is 10.6 Å². The zero-order valence-electron chi connectivity index (χ0n) is 8.91. The zero-order valence-corrected chi connectivity index (χ0v) is 9.67. The maximum absolute atomic E-state index is 11.8. The second kappa shape index (κ2) is 5.32. The lowest BCUT2D eigenvalue weighted by Crippen LogP contribution is -2.33. The molecule has 1 N–H and O–H groups in total. The molecular formula is C12H14ClNO2. The van der Waals surface area contributed by atoms with Crippen LogP contribution < -0.4 is 5.32 Å². The van der Waals surface area contributed by atoms with Gasteiger partial charge in [-0.25, -0.2) is 4.79 Å². The molecule has 1 aliphatic rings. The second-order valence-corrected chi connectivity index (χ2v) is 4.24. The van der Waals surface area contributed by atoms with Crippen LogP contribution in [0.5, 0.6) is 0 Å². The second-order valence-electron chi connectivity index (χ2n) is 3.83. The van der Waals surface area contributed by atoms with Gasteiger partial charge in [0, 0.05) is 0 Å². The molecular weight excluding hydrogens is 226 g/mol. The van der Waals surface area contributed by atoms with Crippen molar-refractivity contribution in [3.8, 4) is 0 Å². The quantitative estimate of drug-likeness (QED) is 0.805. The molecule has 0 spiro atoms. The number of hydrogen-bond acceptors (Lipinski definition) is 3. The van der Waals surface area contributed by atoms with Crippen LogP contribution in [0.3, 0.4) is 0 Å². The molecule has 1 saturated heterocycles. The van der Waals surface area contributed by atoms with Gasteiger partial charge < -0.3 is 10.1 Å². The number of esters is 1. The third kappa shape index (κ3) is 2.74. The molecule has 1 aliphatic heterocycles. The summed E-state index contributed by atoms with van der Waals surface area (Å²) in [6, 6.07) is 6.96. The van der Waals surface area contributed by atoms with Crippen LogP contribution in [0, 0.1) is 0 Å². The summed E-state index contributed by atoms with van der Waals surface area (Å²) >= 11 is 5.92. The molecule has 1 aromatic rings. The minimum absolute atomic E-state index is 0.0185. The minimum Gasteiger partial charge on any atom is -0.459 e. The Balaban J connectivity index is 2.00. The number of carbonyl (C=O) groups is 1. The summed E-state index contributed by atoms with van der Waals surface area (Å²) < 4.78 is 5.39. The predicted molar refractivity (Wildman–Crippen MR) is 62.8 cm³/mol. The predicted octanol–water partition coefficient (Wildman–Crippen LogP) is 2.25. The topological polar surface area (TPSA) is 38.3 Å². The van der Waals surface area contributed by atoms with Gasteiger partial charge in [0.1, 0.15) is 6.10 Å². The van der Waals surface area contributed by atoms with Crippen LogP contribution in [0.25, 0.3) is 0 Å². The average Bonchev–Trinajstić information content (AvgIpc) is 2.31. The van der Waals surface area contributed by atoms with Gasteiger partial charge in [-0.3, -0.25) is 0 Å². The molecule has 0 bridgehead atoms. The Morgan fingerprint density at radius 2 is 2.00 bits per heavy atom. The maximum atomic E-state index is 11.8. The van der Waals surface area contributed by atoms with Crippen molar-refractivity contribution in [3.63, 3.8) is 0 Å². The third-order valence-electron chi connectivity index (χ3n) is 2.65. The monoisotopic (exact) mass is 239 g/mol. The Morgan fingerprint density at radius 1 is 1.31 bits per heavy atom. The lowest BCUT2D eigenvalue weighted by atomic mass is 10.1. The maximum Gasteiger partial charge on any atom is 0.339 e. The van der Waals surface area contributed by atoms with Crippen molar-refractivity contribution in [2.45, 2.75) is 18.9 Å². The van der Waals surface area contributed by atoms with E-state index in [-0.39, 0.29) is 12.1 Å². The van der Waals surface area contributed by atoms with Crippen molar-refractivity contribution in [1.82, 2.24) is 5.32 Å². The Morgan fingerprint density at radius 3 is 2.69 bits per heavy atom. The SMILES string of the molecule is O=C(OC1CCNCC1)c1ccccc1Cl. The fourth-order valence-electron chi connectivity index (χ4n) is 1.75. The summed E-state index contributed by atoms with van der Waals surface area (Å²) in [6.07, 6.45) is 1.76. The number of carbonyl (C=O) groups excluding carboxylic acids is 1. The molecule has 0 atom stereocenters. The van der Waals surface area contributed by atoms with Crippen LogP contribution >= 0.6 is 11.6 Å². The van der Waals surface area contributed by atoms with E-state index in [2.05, 4.69) is 5.32 Å². The first kappa shape index (κ1) is 11.4. The molecule has 1 aromatic carbocycles. The molecule has 4 heteroatoms. The highest BCUT2D eigenvalue weighted by Crippen LogP contribution is 2.18. The van der Waals surface area contributed by atoms with E-state index in [1.54, 1.807) is 24.3 Å². The van der Waals surface area contributed by atoms with Crippen LogP contribution in [-0.2, 0) is 4.74 Å². The van der Waals surface area contributed by atoms with Gasteiger partial charge in [-0.2, -0.15) is 0 Å². The van der Waals surface area contributed by atoms with Crippen LogP contribution in [0.2, 0.25) is 5.02 Å². The van der Waals surface area contributed by atoms with Crippen molar-refractivity contribution < 1.29 is 9.53 Å². The first-order valence-corrected chi connectivity index (χ1v) is 5.81. The standard InChI is InChI=1S/C12H14ClNO2/c13-11-4-2-1-3-10(11)12(15)16-9-5-7-14-8-6-9/h1-4,9,14H,5-8H2. The number of rotatable bonds is 2. The van der Waals surface area contributed by atoms with E-state index in [0.29, 0.717) is 10.6 Å². The van der Waals surface area contributed by atoms with Crippen LogP contribution in [0.1, 0.15) is 23.2 Å². The smallest absolute Gasteiger partial charge is 0.339 e. The third-order valence-corrected chi connectivity index (χ3v) is 2.98. The molecule has 0 radical (unpaired) electrons. The van der Waals surface area contributed by atoms with Gasteiger partial charge in [0.15, 0.2) is 0 Å². The van der Waals surface area contributed by atoms with Crippen molar-refractivity contribution in [2.75, 3.05) is 13.1 Å². The highest BCUT2D eigenvalue weighted by atomic mass is 35.5. The molecule has 86 valence electrons. The fourth-order valence-corrected chi connectivity index (χ4v) is 1.97. The lowest BCUT2D eigenvalue weighted by Gasteiger charge is -2.22. The minimum atomic E-state index is -0.322. The number of ether oxygens (including phenoxy) is 1. The summed E-state index contributed by atoms with van der Waals surface area (Å²) in [5.41, 5.74) is 0.447. The number of halogens is 1. The first-order chi connectivity index (χ1) is 7.77. The molecule has 1 heterocycles. The number of hydrogen-bond donors (Lipinski definition) is 1. The van der Waals surface area contributed by atoms with Crippen LogP contribution in [-0.4, -0.2) is 25.2 Å². The molecule has 0 aromatic heterocycles. The van der Waals surface area contributed by atoms with Gasteiger partial charge in [-0.05, 0) is 38.1 Å². The van der Waals surface area contributed by atoms with Crippen molar-refractivity contribution in [3.05, 3.63) is 34.9 Å². The normalized spacial score (nSPS) is 17.1. The lowest BCUT2D eigenvalue weighted by molar-refractivity contribution is 0.0230. The van der Waals surface area contributed by atoms with Gasteiger partial charge >= 0.3 is 5.97 Å². The molecule has 0 unspecified atom stereocenters. The molecule has 0 aliphatic carbocycles. The van der Waals surface area contributed by atoms with Crippen LogP contribution in [0.4, 0.5) is 0 Å². The highest BCUT2D eigenvalue weighted by molar-refractivity contribution is 6.33. The van der Waals surface area contributed by atoms with E-state index in [0.717, 1.165) is 25.9 Å². The Bertz CT molecular complexity index is 375. The van der Waals surface area contributed by atoms with Crippen molar-refractivity contribution >= 4 is 17.6 Å². The average molecular weight is 240 g/mol. The molecule has 3 nitrogen and oxygen atoms in total. The van der Waals surface area contributed by atoms with Crippen LogP contribution in [0.15, 0.2) is 24.3 Å². The Kier molecular flexibility index (Phi) is 3.80.